The van der Waals surface area contributed by atoms with Gasteiger partial charge in [0.15, 0.2) is 11.6 Å². The summed E-state index contributed by atoms with van der Waals surface area (Å²) >= 11 is 0. The van der Waals surface area contributed by atoms with Gasteiger partial charge < -0.3 is 5.32 Å². The summed E-state index contributed by atoms with van der Waals surface area (Å²) in [6.45, 7) is 3.78. The predicted octanol–water partition coefficient (Wildman–Crippen LogP) is 2.12. The van der Waals surface area contributed by atoms with Gasteiger partial charge in [0.05, 0.1) is 4.90 Å². The van der Waals surface area contributed by atoms with Crippen LogP contribution in [0.1, 0.15) is 26.2 Å². The Bertz CT molecular complexity index is 585. The third-order valence-electron chi connectivity index (χ3n) is 3.67. The van der Waals surface area contributed by atoms with Crippen LogP contribution in [0.3, 0.4) is 0 Å². The summed E-state index contributed by atoms with van der Waals surface area (Å²) in [5, 5.41) is 3.37. The van der Waals surface area contributed by atoms with Crippen LogP contribution in [0, 0.1) is 11.6 Å². The molecule has 0 saturated carbocycles. The van der Waals surface area contributed by atoms with E-state index in [0.717, 1.165) is 44.0 Å². The number of hydrogen-bond donors (Lipinski definition) is 1. The van der Waals surface area contributed by atoms with E-state index in [1.165, 1.54) is 4.31 Å². The highest BCUT2D eigenvalue weighted by molar-refractivity contribution is 7.89. The van der Waals surface area contributed by atoms with Gasteiger partial charge in [-0.2, -0.15) is 4.31 Å². The van der Waals surface area contributed by atoms with Crippen molar-refractivity contribution in [2.24, 2.45) is 0 Å². The van der Waals surface area contributed by atoms with Crippen molar-refractivity contribution in [2.45, 2.75) is 37.1 Å². The van der Waals surface area contributed by atoms with Crippen molar-refractivity contribution in [3.8, 4) is 0 Å². The van der Waals surface area contributed by atoms with Gasteiger partial charge in [0.2, 0.25) is 10.0 Å². The molecule has 1 fully saturated rings. The second kappa shape index (κ2) is 6.81. The van der Waals surface area contributed by atoms with Crippen molar-refractivity contribution in [1.29, 1.82) is 0 Å². The molecule has 1 aromatic carbocycles. The number of nitrogens with one attached hydrogen (secondary N) is 1. The number of halogens is 2. The highest BCUT2D eigenvalue weighted by Crippen LogP contribution is 2.22. The van der Waals surface area contributed by atoms with Gasteiger partial charge in [-0.15, -0.1) is 0 Å². The third-order valence-corrected chi connectivity index (χ3v) is 5.56. The summed E-state index contributed by atoms with van der Waals surface area (Å²) in [5.74, 6) is -2.19. The lowest BCUT2D eigenvalue weighted by atomic mass is 10.1. The van der Waals surface area contributed by atoms with Crippen LogP contribution in [0.25, 0.3) is 0 Å². The lowest BCUT2D eigenvalue weighted by Gasteiger charge is -2.31. The predicted molar refractivity (Wildman–Crippen MR) is 76.4 cm³/mol. The molecule has 0 amide bonds. The number of nitrogens with zero attached hydrogens (tertiary/aromatic N) is 1. The maximum atomic E-state index is 13.2. The summed E-state index contributed by atoms with van der Waals surface area (Å²) in [7, 11) is -3.75. The van der Waals surface area contributed by atoms with Crippen molar-refractivity contribution < 1.29 is 17.2 Å². The van der Waals surface area contributed by atoms with E-state index in [1.807, 2.05) is 0 Å². The molecule has 0 spiro atoms. The van der Waals surface area contributed by atoms with Gasteiger partial charge in [-0.25, -0.2) is 17.2 Å². The third kappa shape index (κ3) is 3.78. The van der Waals surface area contributed by atoms with Crippen molar-refractivity contribution in [2.75, 3.05) is 19.6 Å². The number of hydrogen-bond acceptors (Lipinski definition) is 3. The minimum atomic E-state index is -3.75. The average Bonchev–Trinajstić information content (AvgIpc) is 2.48. The van der Waals surface area contributed by atoms with E-state index in [4.69, 9.17) is 0 Å². The van der Waals surface area contributed by atoms with Crippen molar-refractivity contribution in [1.82, 2.24) is 9.62 Å². The second-order valence-electron chi connectivity index (χ2n) is 5.21. The SMILES string of the molecule is CCCNC1CCN(S(=O)(=O)c2ccc(F)c(F)c2)CC1. The van der Waals surface area contributed by atoms with Gasteiger partial charge in [-0.05, 0) is 44.0 Å². The Balaban J connectivity index is 2.06. The monoisotopic (exact) mass is 318 g/mol. The fraction of sp³-hybridized carbons (Fsp3) is 0.571. The summed E-state index contributed by atoms with van der Waals surface area (Å²) in [6.07, 6.45) is 2.49. The molecule has 1 aliphatic heterocycles. The van der Waals surface area contributed by atoms with E-state index in [-0.39, 0.29) is 4.90 Å². The first-order chi connectivity index (χ1) is 9.95. The van der Waals surface area contributed by atoms with Gasteiger partial charge in [-0.3, -0.25) is 0 Å². The molecular weight excluding hydrogens is 298 g/mol. The molecule has 21 heavy (non-hydrogen) atoms. The quantitative estimate of drug-likeness (QED) is 0.905. The van der Waals surface area contributed by atoms with Gasteiger partial charge in [0.1, 0.15) is 0 Å². The van der Waals surface area contributed by atoms with Gasteiger partial charge >= 0.3 is 0 Å². The molecule has 1 N–H and O–H groups in total. The van der Waals surface area contributed by atoms with Crippen LogP contribution in [0.5, 0.6) is 0 Å². The Labute approximate surface area is 124 Å². The first kappa shape index (κ1) is 16.3. The normalized spacial score (nSPS) is 18.0. The lowest BCUT2D eigenvalue weighted by molar-refractivity contribution is 0.290. The zero-order valence-electron chi connectivity index (χ0n) is 12.0. The van der Waals surface area contributed by atoms with E-state index in [9.17, 15) is 17.2 Å². The number of benzene rings is 1. The largest absolute Gasteiger partial charge is 0.314 e. The van der Waals surface area contributed by atoms with Crippen molar-refractivity contribution in [3.63, 3.8) is 0 Å². The minimum absolute atomic E-state index is 0.193. The van der Waals surface area contributed by atoms with E-state index in [2.05, 4.69) is 12.2 Å². The Morgan fingerprint density at radius 1 is 1.24 bits per heavy atom. The minimum Gasteiger partial charge on any atom is -0.314 e. The van der Waals surface area contributed by atoms with Crippen LogP contribution < -0.4 is 5.32 Å². The van der Waals surface area contributed by atoms with Gasteiger partial charge in [-0.1, -0.05) is 6.92 Å². The molecule has 2 rings (SSSR count). The van der Waals surface area contributed by atoms with Crippen LogP contribution in [0.4, 0.5) is 8.78 Å². The van der Waals surface area contributed by atoms with Crippen LogP contribution in [0.2, 0.25) is 0 Å². The zero-order chi connectivity index (χ0) is 15.5. The second-order valence-corrected chi connectivity index (χ2v) is 7.15. The highest BCUT2D eigenvalue weighted by atomic mass is 32.2. The number of piperidine rings is 1. The van der Waals surface area contributed by atoms with Crippen LogP contribution in [-0.4, -0.2) is 38.4 Å². The molecular formula is C14H20F2N2O2S. The molecule has 0 aromatic heterocycles. The van der Waals surface area contributed by atoms with Crippen LogP contribution >= 0.6 is 0 Å². The Morgan fingerprint density at radius 2 is 1.90 bits per heavy atom. The molecule has 4 nitrogen and oxygen atoms in total. The molecule has 1 aliphatic rings. The Morgan fingerprint density at radius 3 is 2.48 bits per heavy atom. The van der Waals surface area contributed by atoms with E-state index >= 15 is 0 Å². The van der Waals surface area contributed by atoms with Gasteiger partial charge in [0, 0.05) is 19.1 Å². The number of rotatable bonds is 5. The molecule has 0 unspecified atom stereocenters. The lowest BCUT2D eigenvalue weighted by Crippen LogP contribution is -2.45. The summed E-state index contributed by atoms with van der Waals surface area (Å²) in [6, 6.07) is 3.01. The molecule has 7 heteroatoms. The van der Waals surface area contributed by atoms with E-state index in [1.54, 1.807) is 0 Å². The van der Waals surface area contributed by atoms with Gasteiger partial charge in [0.25, 0.3) is 0 Å². The molecule has 1 aromatic rings. The maximum Gasteiger partial charge on any atom is 0.243 e. The molecule has 0 aliphatic carbocycles. The molecule has 118 valence electrons. The summed E-state index contributed by atoms with van der Waals surface area (Å²) in [5.41, 5.74) is 0. The molecule has 0 radical (unpaired) electrons. The van der Waals surface area contributed by atoms with E-state index in [0.29, 0.717) is 19.1 Å². The highest BCUT2D eigenvalue weighted by Gasteiger charge is 2.29. The Hall–Kier alpha value is -1.05. The van der Waals surface area contributed by atoms with Crippen LogP contribution in [-0.2, 0) is 10.0 Å². The molecule has 1 saturated heterocycles. The van der Waals surface area contributed by atoms with Crippen molar-refractivity contribution >= 4 is 10.0 Å². The fourth-order valence-electron chi connectivity index (χ4n) is 2.44. The summed E-state index contributed by atoms with van der Waals surface area (Å²) in [4.78, 5) is -0.193. The number of sulfonamides is 1. The Kier molecular flexibility index (Phi) is 5.29. The standard InChI is InChI=1S/C14H20F2N2O2S/c1-2-7-17-11-5-8-18(9-6-11)21(19,20)12-3-4-13(15)14(16)10-12/h3-4,10-11,17H,2,5-9H2,1H3. The molecule has 0 atom stereocenters. The molecule has 0 bridgehead atoms. The fourth-order valence-corrected chi connectivity index (χ4v) is 3.92. The maximum absolute atomic E-state index is 13.2. The first-order valence-corrected chi connectivity index (χ1v) is 8.57. The topological polar surface area (TPSA) is 49.4 Å². The zero-order valence-corrected chi connectivity index (χ0v) is 12.8. The molecule has 1 heterocycles. The summed E-state index contributed by atoms with van der Waals surface area (Å²) < 4.78 is 52.2. The van der Waals surface area contributed by atoms with E-state index < -0.39 is 21.7 Å². The smallest absolute Gasteiger partial charge is 0.243 e. The average molecular weight is 318 g/mol. The van der Waals surface area contributed by atoms with Crippen LogP contribution in [0.15, 0.2) is 23.1 Å². The first-order valence-electron chi connectivity index (χ1n) is 7.13. The van der Waals surface area contributed by atoms with Crippen molar-refractivity contribution in [3.05, 3.63) is 29.8 Å².